The number of nitrogens with zero attached hydrogens (tertiary/aromatic N) is 1. The van der Waals surface area contributed by atoms with Gasteiger partial charge in [0.05, 0.1) is 39.9 Å². The minimum absolute atomic E-state index is 0.0737. The number of amides is 1. The number of likely N-dealkylation sites (N-methyl/N-ethyl adjacent to an activating group) is 1. The summed E-state index contributed by atoms with van der Waals surface area (Å²) in [6.45, 7) is 4.88. The Balaban J connectivity index is 4.32. The molecule has 0 aliphatic carbocycles. The summed E-state index contributed by atoms with van der Waals surface area (Å²) in [7, 11) is 1.61. The Morgan fingerprint density at radius 2 is 1.00 bits per heavy atom. The van der Waals surface area contributed by atoms with Crippen LogP contribution in [-0.2, 0) is 18.4 Å². The van der Waals surface area contributed by atoms with Gasteiger partial charge in [0.2, 0.25) is 5.91 Å². The molecule has 1 amide bonds. The molecule has 3 unspecified atom stereocenters. The molecule has 0 saturated heterocycles. The lowest BCUT2D eigenvalue weighted by molar-refractivity contribution is -0.870. The molecule has 57 heavy (non-hydrogen) atoms. The highest BCUT2D eigenvalue weighted by Crippen LogP contribution is 2.43. The molecule has 0 radical (unpaired) electrons. The van der Waals surface area contributed by atoms with Crippen LogP contribution in [0.5, 0.6) is 0 Å². The SMILES string of the molecule is CCCCCC/C=C\C/C=C\CCCCCCCCCC(=O)NC(COP(=O)(O)OCC[N+](C)(C)C)C(O)CCCCCCCCCCCCCCCCCCC. The highest BCUT2D eigenvalue weighted by Gasteiger charge is 2.28. The first-order valence-electron chi connectivity index (χ1n) is 24.2. The Morgan fingerprint density at radius 3 is 1.46 bits per heavy atom. The molecule has 0 aromatic rings. The molecule has 0 aliphatic rings. The van der Waals surface area contributed by atoms with E-state index in [1.165, 1.54) is 148 Å². The number of nitrogens with one attached hydrogen (secondary N) is 1. The molecular formula is C48H96N2O6P+. The fourth-order valence-corrected chi connectivity index (χ4v) is 7.81. The number of carbonyl (C=O) groups excluding carboxylic acids is 1. The van der Waals surface area contributed by atoms with E-state index in [9.17, 15) is 19.4 Å². The minimum atomic E-state index is -4.32. The first-order valence-corrected chi connectivity index (χ1v) is 25.7. The van der Waals surface area contributed by atoms with Crippen LogP contribution in [0.15, 0.2) is 24.3 Å². The standard InChI is InChI=1S/C48H95N2O6P/c1-6-8-10-12-14-16-18-20-22-24-26-28-30-32-34-36-38-40-42-48(52)49-46(45-56-57(53,54)55-44-43-50(3,4)5)47(51)41-39-37-35-33-31-29-27-25-23-21-19-17-15-13-11-9-7-2/h16,18,22,24,46-47,51H,6-15,17,19-21,23,25-45H2,1-5H3,(H-,49,52,53,54)/p+1/b18-16-,24-22-. The average molecular weight is 828 g/mol. The number of aliphatic hydroxyl groups is 1. The van der Waals surface area contributed by atoms with Gasteiger partial charge >= 0.3 is 7.82 Å². The molecule has 0 heterocycles. The number of rotatable bonds is 44. The van der Waals surface area contributed by atoms with E-state index in [0.717, 1.165) is 51.4 Å². The topological polar surface area (TPSA) is 105 Å². The number of aliphatic hydroxyl groups excluding tert-OH is 1. The van der Waals surface area contributed by atoms with Crippen molar-refractivity contribution in [3.05, 3.63) is 24.3 Å². The van der Waals surface area contributed by atoms with Gasteiger partial charge in [-0.2, -0.15) is 0 Å². The summed E-state index contributed by atoms with van der Waals surface area (Å²) in [4.78, 5) is 23.2. The van der Waals surface area contributed by atoms with Crippen LogP contribution >= 0.6 is 7.82 Å². The molecule has 0 aromatic heterocycles. The smallest absolute Gasteiger partial charge is 0.391 e. The van der Waals surface area contributed by atoms with E-state index in [-0.39, 0.29) is 19.1 Å². The van der Waals surface area contributed by atoms with E-state index >= 15 is 0 Å². The summed E-state index contributed by atoms with van der Waals surface area (Å²) in [5.74, 6) is -0.151. The van der Waals surface area contributed by atoms with Crippen LogP contribution in [0.3, 0.4) is 0 Å². The zero-order valence-electron chi connectivity index (χ0n) is 38.3. The number of quaternary nitrogens is 1. The zero-order chi connectivity index (χ0) is 42.1. The van der Waals surface area contributed by atoms with E-state index < -0.39 is 20.0 Å². The van der Waals surface area contributed by atoms with Crippen LogP contribution in [0.4, 0.5) is 0 Å². The maximum atomic E-state index is 12.9. The first-order chi connectivity index (χ1) is 27.5. The molecule has 0 aromatic carbocycles. The normalized spacial score (nSPS) is 14.4. The van der Waals surface area contributed by atoms with Crippen molar-refractivity contribution in [1.82, 2.24) is 5.32 Å². The molecule has 0 saturated carbocycles. The molecule has 3 atom stereocenters. The Morgan fingerprint density at radius 1 is 0.596 bits per heavy atom. The quantitative estimate of drug-likeness (QED) is 0.0244. The number of allylic oxidation sites excluding steroid dienone is 4. The molecule has 0 aliphatic heterocycles. The molecular weight excluding hydrogens is 732 g/mol. The van der Waals surface area contributed by atoms with Crippen molar-refractivity contribution >= 4 is 13.7 Å². The van der Waals surface area contributed by atoms with Gasteiger partial charge in [0.25, 0.3) is 0 Å². The molecule has 0 rings (SSSR count). The van der Waals surface area contributed by atoms with Gasteiger partial charge in [0.1, 0.15) is 13.2 Å². The Hall–Kier alpha value is -1.02. The highest BCUT2D eigenvalue weighted by atomic mass is 31.2. The predicted molar refractivity (Wildman–Crippen MR) is 245 cm³/mol. The first kappa shape index (κ1) is 56.0. The highest BCUT2D eigenvalue weighted by molar-refractivity contribution is 7.47. The molecule has 9 heteroatoms. The third kappa shape index (κ3) is 42.9. The second-order valence-corrected chi connectivity index (χ2v) is 19.3. The molecule has 0 spiro atoms. The second kappa shape index (κ2) is 40.4. The summed E-state index contributed by atoms with van der Waals surface area (Å²) in [6.07, 6.45) is 47.7. The number of phosphoric acid groups is 1. The largest absolute Gasteiger partial charge is 0.472 e. The predicted octanol–water partition coefficient (Wildman–Crippen LogP) is 13.7. The number of hydrogen-bond donors (Lipinski definition) is 3. The van der Waals surface area contributed by atoms with E-state index in [4.69, 9.17) is 9.05 Å². The van der Waals surface area contributed by atoms with Crippen molar-refractivity contribution in [2.24, 2.45) is 0 Å². The van der Waals surface area contributed by atoms with Crippen LogP contribution in [-0.4, -0.2) is 73.4 Å². The molecule has 0 bridgehead atoms. The van der Waals surface area contributed by atoms with Crippen molar-refractivity contribution < 1.29 is 32.9 Å². The zero-order valence-corrected chi connectivity index (χ0v) is 39.2. The van der Waals surface area contributed by atoms with Gasteiger partial charge in [-0.05, 0) is 44.9 Å². The number of unbranched alkanes of at least 4 members (excludes halogenated alkanes) is 27. The summed E-state index contributed by atoms with van der Waals surface area (Å²) >= 11 is 0. The monoisotopic (exact) mass is 828 g/mol. The van der Waals surface area contributed by atoms with Gasteiger partial charge < -0.3 is 19.8 Å². The number of carbonyl (C=O) groups is 1. The van der Waals surface area contributed by atoms with Crippen molar-refractivity contribution in [3.63, 3.8) is 0 Å². The van der Waals surface area contributed by atoms with E-state index in [0.29, 0.717) is 23.9 Å². The van der Waals surface area contributed by atoms with Crippen molar-refractivity contribution in [1.29, 1.82) is 0 Å². The third-order valence-electron chi connectivity index (χ3n) is 11.0. The maximum absolute atomic E-state index is 12.9. The van der Waals surface area contributed by atoms with Gasteiger partial charge in [-0.25, -0.2) is 4.57 Å². The molecule has 8 nitrogen and oxygen atoms in total. The number of phosphoric ester groups is 1. The lowest BCUT2D eigenvalue weighted by atomic mass is 10.0. The van der Waals surface area contributed by atoms with E-state index in [1.54, 1.807) is 0 Å². The van der Waals surface area contributed by atoms with E-state index in [1.807, 2.05) is 21.1 Å². The fraction of sp³-hybridized carbons (Fsp3) is 0.896. The molecule has 0 fully saturated rings. The summed E-state index contributed by atoms with van der Waals surface area (Å²) in [6, 6.07) is -0.762. The summed E-state index contributed by atoms with van der Waals surface area (Å²) in [5.41, 5.74) is 0. The fourth-order valence-electron chi connectivity index (χ4n) is 7.08. The van der Waals surface area contributed by atoms with Gasteiger partial charge in [-0.3, -0.25) is 13.8 Å². The van der Waals surface area contributed by atoms with Crippen molar-refractivity contribution in [3.8, 4) is 0 Å². The van der Waals surface area contributed by atoms with Crippen LogP contribution < -0.4 is 5.32 Å². The van der Waals surface area contributed by atoms with Crippen LogP contribution in [0, 0.1) is 0 Å². The van der Waals surface area contributed by atoms with Crippen LogP contribution in [0.25, 0.3) is 0 Å². The molecule has 3 N–H and O–H groups in total. The van der Waals surface area contributed by atoms with Gasteiger partial charge in [-0.15, -0.1) is 0 Å². The maximum Gasteiger partial charge on any atom is 0.472 e. The third-order valence-corrected chi connectivity index (χ3v) is 11.9. The van der Waals surface area contributed by atoms with Crippen LogP contribution in [0.2, 0.25) is 0 Å². The lowest BCUT2D eigenvalue weighted by Crippen LogP contribution is -2.46. The Labute approximate surface area is 354 Å². The Bertz CT molecular complexity index is 984. The second-order valence-electron chi connectivity index (χ2n) is 17.8. The van der Waals surface area contributed by atoms with Gasteiger partial charge in [-0.1, -0.05) is 199 Å². The lowest BCUT2D eigenvalue weighted by Gasteiger charge is -2.26. The summed E-state index contributed by atoms with van der Waals surface area (Å²) in [5, 5.41) is 14.0. The van der Waals surface area contributed by atoms with Crippen molar-refractivity contribution in [2.45, 2.75) is 238 Å². The van der Waals surface area contributed by atoms with Gasteiger partial charge in [0, 0.05) is 6.42 Å². The van der Waals surface area contributed by atoms with E-state index in [2.05, 4.69) is 43.5 Å². The van der Waals surface area contributed by atoms with Gasteiger partial charge in [0.15, 0.2) is 0 Å². The minimum Gasteiger partial charge on any atom is -0.391 e. The molecule has 338 valence electrons. The summed E-state index contributed by atoms with van der Waals surface area (Å²) < 4.78 is 23.7. The number of hydrogen-bond acceptors (Lipinski definition) is 5. The van der Waals surface area contributed by atoms with Crippen molar-refractivity contribution in [2.75, 3.05) is 40.9 Å². The van der Waals surface area contributed by atoms with Crippen LogP contribution in [0.1, 0.15) is 226 Å². The average Bonchev–Trinajstić information content (AvgIpc) is 3.16. The Kier molecular flexibility index (Phi) is 39.7.